The molecule has 2 rings (SSSR count). The van der Waals surface area contributed by atoms with Gasteiger partial charge in [-0.25, -0.2) is 5.32 Å². The third-order valence-electron chi connectivity index (χ3n) is 1.86. The molecule has 0 atom stereocenters. The second-order valence-corrected chi connectivity index (χ2v) is 3.01. The van der Waals surface area contributed by atoms with Crippen LogP contribution >= 0.6 is 0 Å². The maximum Gasteiger partial charge on any atom is 0.495 e. The van der Waals surface area contributed by atoms with Crippen LogP contribution in [0.4, 0.5) is 4.79 Å². The van der Waals surface area contributed by atoms with E-state index in [-0.39, 0.29) is 6.03 Å². The van der Waals surface area contributed by atoms with Crippen molar-refractivity contribution in [1.29, 1.82) is 0 Å². The number of rotatable bonds is 1. The van der Waals surface area contributed by atoms with E-state index in [4.69, 9.17) is 0 Å². The summed E-state index contributed by atoms with van der Waals surface area (Å²) in [5.74, 6) is 0. The lowest BCUT2D eigenvalue weighted by atomic mass is 10.5. The van der Waals surface area contributed by atoms with E-state index in [1.165, 1.54) is 0 Å². The molecule has 1 amide bonds. The number of hydrogen-bond acceptors (Lipinski definition) is 1. The molecular formula is C9H11N2O+. The van der Waals surface area contributed by atoms with Gasteiger partial charge in [0, 0.05) is 0 Å². The number of nitrogens with one attached hydrogen (secondary N) is 1. The van der Waals surface area contributed by atoms with E-state index in [0.717, 1.165) is 12.8 Å². The molecule has 0 bridgehead atoms. The first-order valence-corrected chi connectivity index (χ1v) is 4.13. The topological polar surface area (TPSA) is 33.0 Å². The number of amides is 1. The molecule has 1 aliphatic carbocycles. The molecule has 0 unspecified atom stereocenters. The molecule has 1 aromatic heterocycles. The number of hydrogen-bond donors (Lipinski definition) is 1. The molecule has 3 nitrogen and oxygen atoms in total. The fraction of sp³-hybridized carbons (Fsp3) is 0.333. The Bertz CT molecular complexity index is 280. The van der Waals surface area contributed by atoms with Crippen LogP contribution in [0.5, 0.6) is 0 Å². The Balaban J connectivity index is 2.03. The van der Waals surface area contributed by atoms with Crippen molar-refractivity contribution >= 4 is 6.03 Å². The Morgan fingerprint density at radius 2 is 1.92 bits per heavy atom. The van der Waals surface area contributed by atoms with Crippen LogP contribution in [-0.4, -0.2) is 12.1 Å². The van der Waals surface area contributed by atoms with Gasteiger partial charge in [-0.15, -0.1) is 0 Å². The number of nitrogens with zero attached hydrogens (tertiary/aromatic N) is 1. The minimum Gasteiger partial charge on any atom is -0.235 e. The normalized spacial score (nSPS) is 15.7. The summed E-state index contributed by atoms with van der Waals surface area (Å²) in [6.07, 6.45) is 5.74. The Kier molecular flexibility index (Phi) is 1.78. The zero-order valence-electron chi connectivity index (χ0n) is 6.73. The van der Waals surface area contributed by atoms with Gasteiger partial charge in [0.1, 0.15) is 0 Å². The Labute approximate surface area is 71.0 Å². The van der Waals surface area contributed by atoms with Gasteiger partial charge < -0.3 is 0 Å². The summed E-state index contributed by atoms with van der Waals surface area (Å²) in [4.78, 5) is 11.3. The number of carbonyl (C=O) groups is 1. The first kappa shape index (κ1) is 7.28. The number of carbonyl (C=O) groups excluding carboxylic acids is 1. The van der Waals surface area contributed by atoms with Crippen LogP contribution in [0.1, 0.15) is 12.8 Å². The molecule has 3 heteroatoms. The third kappa shape index (κ3) is 1.61. The number of pyridine rings is 1. The van der Waals surface area contributed by atoms with Gasteiger partial charge in [0.15, 0.2) is 0 Å². The van der Waals surface area contributed by atoms with Crippen molar-refractivity contribution in [2.45, 2.75) is 18.9 Å². The second kappa shape index (κ2) is 2.93. The summed E-state index contributed by atoms with van der Waals surface area (Å²) in [5.41, 5.74) is 0. The van der Waals surface area contributed by atoms with Gasteiger partial charge >= 0.3 is 6.03 Å². The fourth-order valence-electron chi connectivity index (χ4n) is 1.01. The van der Waals surface area contributed by atoms with E-state index in [1.54, 1.807) is 17.0 Å². The monoisotopic (exact) mass is 163 g/mol. The summed E-state index contributed by atoms with van der Waals surface area (Å²) >= 11 is 0. The lowest BCUT2D eigenvalue weighted by Gasteiger charge is -1.94. The minimum absolute atomic E-state index is 0.0295. The standard InChI is InChI=1S/C9H10N2O/c12-9(10-8-4-5-8)11-6-2-1-3-7-11/h1-3,6-8H,4-5H2/p+1. The van der Waals surface area contributed by atoms with E-state index < -0.39 is 0 Å². The highest BCUT2D eigenvalue weighted by Crippen LogP contribution is 2.17. The first-order valence-electron chi connectivity index (χ1n) is 4.13. The molecule has 62 valence electrons. The zero-order chi connectivity index (χ0) is 8.39. The molecule has 1 aliphatic rings. The first-order chi connectivity index (χ1) is 5.86. The molecule has 0 saturated heterocycles. The predicted octanol–water partition coefficient (Wildman–Crippen LogP) is 0.694. The Hall–Kier alpha value is -1.38. The van der Waals surface area contributed by atoms with Crippen molar-refractivity contribution in [2.24, 2.45) is 0 Å². The van der Waals surface area contributed by atoms with E-state index in [0.29, 0.717) is 6.04 Å². The van der Waals surface area contributed by atoms with Crippen molar-refractivity contribution < 1.29 is 9.36 Å². The van der Waals surface area contributed by atoms with Crippen LogP contribution in [0.2, 0.25) is 0 Å². The molecule has 0 spiro atoms. The van der Waals surface area contributed by atoms with Crippen molar-refractivity contribution in [3.8, 4) is 0 Å². The highest BCUT2D eigenvalue weighted by molar-refractivity contribution is 5.64. The van der Waals surface area contributed by atoms with Crippen LogP contribution < -0.4 is 9.88 Å². The summed E-state index contributed by atoms with van der Waals surface area (Å²) in [7, 11) is 0. The van der Waals surface area contributed by atoms with Crippen molar-refractivity contribution in [1.82, 2.24) is 5.32 Å². The van der Waals surface area contributed by atoms with Gasteiger partial charge in [-0.3, -0.25) is 0 Å². The average Bonchev–Trinajstić information content (AvgIpc) is 2.90. The van der Waals surface area contributed by atoms with E-state index in [2.05, 4.69) is 5.32 Å². The average molecular weight is 163 g/mol. The van der Waals surface area contributed by atoms with Gasteiger partial charge in [0.25, 0.3) is 0 Å². The summed E-state index contributed by atoms with van der Waals surface area (Å²) in [6, 6.07) is 5.96. The molecule has 1 N–H and O–H groups in total. The minimum atomic E-state index is -0.0295. The van der Waals surface area contributed by atoms with Gasteiger partial charge in [0.05, 0.1) is 18.4 Å². The quantitative estimate of drug-likeness (QED) is 0.607. The summed E-state index contributed by atoms with van der Waals surface area (Å²) < 4.78 is 1.55. The molecular weight excluding hydrogens is 152 g/mol. The van der Waals surface area contributed by atoms with Crippen LogP contribution in [0.3, 0.4) is 0 Å². The van der Waals surface area contributed by atoms with Crippen molar-refractivity contribution in [2.75, 3.05) is 0 Å². The fourth-order valence-corrected chi connectivity index (χ4v) is 1.01. The molecule has 1 fully saturated rings. The zero-order valence-corrected chi connectivity index (χ0v) is 6.73. The van der Waals surface area contributed by atoms with Crippen LogP contribution in [0, 0.1) is 0 Å². The van der Waals surface area contributed by atoms with Gasteiger partial charge in [-0.1, -0.05) is 6.07 Å². The largest absolute Gasteiger partial charge is 0.495 e. The smallest absolute Gasteiger partial charge is 0.235 e. The SMILES string of the molecule is O=C(NC1CC1)[n+]1ccccc1. The Morgan fingerprint density at radius 3 is 2.50 bits per heavy atom. The molecule has 0 aliphatic heterocycles. The van der Waals surface area contributed by atoms with Crippen LogP contribution in [-0.2, 0) is 0 Å². The van der Waals surface area contributed by atoms with Crippen molar-refractivity contribution in [3.05, 3.63) is 30.6 Å². The highest BCUT2D eigenvalue weighted by atomic mass is 16.2. The summed E-state index contributed by atoms with van der Waals surface area (Å²) in [5, 5.41) is 2.89. The molecule has 12 heavy (non-hydrogen) atoms. The molecule has 1 heterocycles. The Morgan fingerprint density at radius 1 is 1.25 bits per heavy atom. The molecule has 1 aromatic rings. The maximum atomic E-state index is 11.3. The second-order valence-electron chi connectivity index (χ2n) is 3.01. The van der Waals surface area contributed by atoms with Gasteiger partial charge in [-0.05, 0) is 25.0 Å². The summed E-state index contributed by atoms with van der Waals surface area (Å²) in [6.45, 7) is 0. The molecule has 0 aromatic carbocycles. The van der Waals surface area contributed by atoms with E-state index in [1.807, 2.05) is 18.2 Å². The third-order valence-corrected chi connectivity index (χ3v) is 1.86. The lowest BCUT2D eigenvalue weighted by molar-refractivity contribution is -0.572. The van der Waals surface area contributed by atoms with Gasteiger partial charge in [-0.2, -0.15) is 9.36 Å². The van der Waals surface area contributed by atoms with Crippen molar-refractivity contribution in [3.63, 3.8) is 0 Å². The highest BCUT2D eigenvalue weighted by Gasteiger charge is 2.29. The maximum absolute atomic E-state index is 11.3. The van der Waals surface area contributed by atoms with Crippen LogP contribution in [0.25, 0.3) is 0 Å². The van der Waals surface area contributed by atoms with E-state index >= 15 is 0 Å². The molecule has 0 radical (unpaired) electrons. The molecule has 1 saturated carbocycles. The lowest BCUT2D eigenvalue weighted by Crippen LogP contribution is -2.50. The predicted molar refractivity (Wildman–Crippen MR) is 43.6 cm³/mol. The van der Waals surface area contributed by atoms with Crippen LogP contribution in [0.15, 0.2) is 30.6 Å². The van der Waals surface area contributed by atoms with E-state index in [9.17, 15) is 4.79 Å². The van der Waals surface area contributed by atoms with Gasteiger partial charge in [0.2, 0.25) is 0 Å². The number of aromatic nitrogens is 1.